The van der Waals surface area contributed by atoms with Gasteiger partial charge in [-0.25, -0.2) is 0 Å². The van der Waals surface area contributed by atoms with Gasteiger partial charge in [0.05, 0.1) is 7.11 Å². The zero-order chi connectivity index (χ0) is 13.7. The maximum absolute atomic E-state index is 5.17. The molecule has 0 spiro atoms. The van der Waals surface area contributed by atoms with Gasteiger partial charge in [0.2, 0.25) is 0 Å². The Morgan fingerprint density at radius 1 is 1.11 bits per heavy atom. The van der Waals surface area contributed by atoms with Crippen molar-refractivity contribution < 1.29 is 4.74 Å². The third-order valence-electron chi connectivity index (χ3n) is 3.13. The molecule has 2 nitrogen and oxygen atoms in total. The van der Waals surface area contributed by atoms with Crippen molar-refractivity contribution in [2.24, 2.45) is 0 Å². The smallest absolute Gasteiger partial charge is 0.118 e. The largest absolute Gasteiger partial charge is 0.497 e. The second kappa shape index (κ2) is 6.28. The number of benzene rings is 2. The Hall–Kier alpha value is -1.96. The number of ether oxygens (including phenoxy) is 1. The topological polar surface area (TPSA) is 21.3 Å². The summed E-state index contributed by atoms with van der Waals surface area (Å²) in [6.07, 6.45) is 0.998. The average Bonchev–Trinajstić information content (AvgIpc) is 2.39. The van der Waals surface area contributed by atoms with Gasteiger partial charge in [0.15, 0.2) is 0 Å². The molecule has 0 saturated heterocycles. The van der Waals surface area contributed by atoms with Crippen molar-refractivity contribution in [3.63, 3.8) is 0 Å². The lowest BCUT2D eigenvalue weighted by atomic mass is 10.1. The number of nitrogens with one attached hydrogen (secondary N) is 1. The number of hydrogen-bond donors (Lipinski definition) is 1. The molecule has 0 aliphatic heterocycles. The van der Waals surface area contributed by atoms with Crippen LogP contribution < -0.4 is 10.1 Å². The molecule has 0 aliphatic carbocycles. The normalized spacial score (nSPS) is 11.9. The summed E-state index contributed by atoms with van der Waals surface area (Å²) in [5.41, 5.74) is 3.77. The molecular weight excluding hydrogens is 234 g/mol. The first-order chi connectivity index (χ1) is 9.17. The number of methoxy groups -OCH3 is 1. The summed E-state index contributed by atoms with van der Waals surface area (Å²) in [6.45, 7) is 4.31. The van der Waals surface area contributed by atoms with E-state index in [1.807, 2.05) is 12.1 Å². The molecule has 0 radical (unpaired) electrons. The van der Waals surface area contributed by atoms with Crippen LogP contribution in [0.25, 0.3) is 0 Å². The van der Waals surface area contributed by atoms with Crippen LogP contribution in [0, 0.1) is 6.92 Å². The highest BCUT2D eigenvalue weighted by Gasteiger charge is 2.04. The molecule has 0 aromatic heterocycles. The van der Waals surface area contributed by atoms with Gasteiger partial charge in [-0.3, -0.25) is 0 Å². The van der Waals surface area contributed by atoms with Crippen LogP contribution in [0.3, 0.4) is 0 Å². The summed E-state index contributed by atoms with van der Waals surface area (Å²) in [7, 11) is 1.69. The van der Waals surface area contributed by atoms with Crippen molar-refractivity contribution in [1.82, 2.24) is 0 Å². The lowest BCUT2D eigenvalue weighted by molar-refractivity contribution is 0.414. The Kier molecular flexibility index (Phi) is 4.45. The summed E-state index contributed by atoms with van der Waals surface area (Å²) in [5.74, 6) is 0.906. The maximum atomic E-state index is 5.17. The van der Waals surface area contributed by atoms with E-state index in [4.69, 9.17) is 4.74 Å². The van der Waals surface area contributed by atoms with Crippen molar-refractivity contribution in [3.05, 3.63) is 59.7 Å². The molecule has 1 N–H and O–H groups in total. The Balaban J connectivity index is 1.95. The van der Waals surface area contributed by atoms with Crippen LogP contribution >= 0.6 is 0 Å². The monoisotopic (exact) mass is 255 g/mol. The van der Waals surface area contributed by atoms with Gasteiger partial charge < -0.3 is 10.1 Å². The van der Waals surface area contributed by atoms with Crippen LogP contribution in [0.1, 0.15) is 18.1 Å². The van der Waals surface area contributed by atoms with Crippen LogP contribution in [0.5, 0.6) is 5.75 Å². The minimum Gasteiger partial charge on any atom is -0.497 e. The zero-order valence-corrected chi connectivity index (χ0v) is 11.8. The SMILES string of the molecule is COc1ccc(CC(C)Nc2cccc(C)c2)cc1. The molecule has 0 aliphatic rings. The van der Waals surface area contributed by atoms with Crippen molar-refractivity contribution in [2.75, 3.05) is 12.4 Å². The van der Waals surface area contributed by atoms with E-state index in [-0.39, 0.29) is 0 Å². The molecule has 2 rings (SSSR count). The van der Waals surface area contributed by atoms with Gasteiger partial charge in [0.25, 0.3) is 0 Å². The first kappa shape index (κ1) is 13.5. The van der Waals surface area contributed by atoms with E-state index in [0.29, 0.717) is 6.04 Å². The average molecular weight is 255 g/mol. The molecule has 2 aromatic rings. The molecule has 19 heavy (non-hydrogen) atoms. The van der Waals surface area contributed by atoms with Gasteiger partial charge in [0.1, 0.15) is 5.75 Å². The Morgan fingerprint density at radius 2 is 1.84 bits per heavy atom. The van der Waals surface area contributed by atoms with Crippen LogP contribution in [-0.2, 0) is 6.42 Å². The predicted molar refractivity (Wildman–Crippen MR) is 81.0 cm³/mol. The van der Waals surface area contributed by atoms with Crippen LogP contribution in [-0.4, -0.2) is 13.2 Å². The van der Waals surface area contributed by atoms with E-state index in [0.717, 1.165) is 12.2 Å². The fraction of sp³-hybridized carbons (Fsp3) is 0.294. The van der Waals surface area contributed by atoms with Gasteiger partial charge in [-0.1, -0.05) is 24.3 Å². The van der Waals surface area contributed by atoms with Crippen LogP contribution in [0.2, 0.25) is 0 Å². The molecule has 0 saturated carbocycles. The fourth-order valence-corrected chi connectivity index (χ4v) is 2.19. The van der Waals surface area contributed by atoms with Crippen molar-refractivity contribution in [3.8, 4) is 5.75 Å². The molecule has 2 aromatic carbocycles. The van der Waals surface area contributed by atoms with Crippen molar-refractivity contribution >= 4 is 5.69 Å². The summed E-state index contributed by atoms with van der Waals surface area (Å²) >= 11 is 0. The first-order valence-electron chi connectivity index (χ1n) is 6.63. The molecule has 0 amide bonds. The lowest BCUT2D eigenvalue weighted by Gasteiger charge is -2.16. The molecule has 0 heterocycles. The molecule has 0 fully saturated rings. The highest BCUT2D eigenvalue weighted by molar-refractivity contribution is 5.46. The van der Waals surface area contributed by atoms with Gasteiger partial charge in [-0.05, 0) is 55.7 Å². The number of aryl methyl sites for hydroxylation is 1. The van der Waals surface area contributed by atoms with Gasteiger partial charge in [-0.15, -0.1) is 0 Å². The number of rotatable bonds is 5. The van der Waals surface area contributed by atoms with E-state index >= 15 is 0 Å². The fourth-order valence-electron chi connectivity index (χ4n) is 2.19. The Morgan fingerprint density at radius 3 is 2.47 bits per heavy atom. The summed E-state index contributed by atoms with van der Waals surface area (Å²) in [5, 5.41) is 3.53. The third-order valence-corrected chi connectivity index (χ3v) is 3.13. The van der Waals surface area contributed by atoms with Crippen molar-refractivity contribution in [2.45, 2.75) is 26.3 Å². The summed E-state index contributed by atoms with van der Waals surface area (Å²) < 4.78 is 5.17. The third kappa shape index (κ3) is 4.02. The molecule has 0 bridgehead atoms. The number of hydrogen-bond acceptors (Lipinski definition) is 2. The van der Waals surface area contributed by atoms with E-state index in [1.54, 1.807) is 7.11 Å². The maximum Gasteiger partial charge on any atom is 0.118 e. The zero-order valence-electron chi connectivity index (χ0n) is 11.8. The van der Waals surface area contributed by atoms with E-state index in [1.165, 1.54) is 16.8 Å². The summed E-state index contributed by atoms with van der Waals surface area (Å²) in [6, 6.07) is 17.1. The lowest BCUT2D eigenvalue weighted by Crippen LogP contribution is -2.18. The minimum atomic E-state index is 0.398. The highest BCUT2D eigenvalue weighted by atomic mass is 16.5. The molecule has 1 unspecified atom stereocenters. The molecule has 100 valence electrons. The van der Waals surface area contributed by atoms with Gasteiger partial charge >= 0.3 is 0 Å². The number of anilines is 1. The van der Waals surface area contributed by atoms with Crippen LogP contribution in [0.15, 0.2) is 48.5 Å². The standard InChI is InChI=1S/C17H21NO/c1-13-5-4-6-16(11-13)18-14(2)12-15-7-9-17(19-3)10-8-15/h4-11,14,18H,12H2,1-3H3. The Labute approximate surface area is 115 Å². The second-order valence-electron chi connectivity index (χ2n) is 4.97. The predicted octanol–water partition coefficient (Wildman–Crippen LogP) is 4.05. The van der Waals surface area contributed by atoms with E-state index in [9.17, 15) is 0 Å². The van der Waals surface area contributed by atoms with Crippen LogP contribution in [0.4, 0.5) is 5.69 Å². The minimum absolute atomic E-state index is 0.398. The molecule has 2 heteroatoms. The van der Waals surface area contributed by atoms with E-state index < -0.39 is 0 Å². The molecular formula is C17H21NO. The summed E-state index contributed by atoms with van der Waals surface area (Å²) in [4.78, 5) is 0. The quantitative estimate of drug-likeness (QED) is 0.870. The molecule has 1 atom stereocenters. The Bertz CT molecular complexity index is 519. The second-order valence-corrected chi connectivity index (χ2v) is 4.97. The highest BCUT2D eigenvalue weighted by Crippen LogP contribution is 2.15. The van der Waals surface area contributed by atoms with Gasteiger partial charge in [-0.2, -0.15) is 0 Å². The van der Waals surface area contributed by atoms with E-state index in [2.05, 4.69) is 55.6 Å². The van der Waals surface area contributed by atoms with Crippen molar-refractivity contribution in [1.29, 1.82) is 0 Å². The van der Waals surface area contributed by atoms with Gasteiger partial charge in [0, 0.05) is 11.7 Å². The first-order valence-corrected chi connectivity index (χ1v) is 6.63.